The third kappa shape index (κ3) is 8.74. The molecule has 0 saturated heterocycles. The summed E-state index contributed by atoms with van der Waals surface area (Å²) >= 11 is 0. The number of carbonyl (C=O) groups excluding carboxylic acids is 1. The van der Waals surface area contributed by atoms with Crippen LogP contribution in [-0.2, 0) is 20.7 Å². The van der Waals surface area contributed by atoms with Crippen LogP contribution < -0.4 is 0 Å². The molecule has 0 radical (unpaired) electrons. The second-order valence-electron chi connectivity index (χ2n) is 8.90. The lowest BCUT2D eigenvalue weighted by atomic mass is 9.88. The van der Waals surface area contributed by atoms with Crippen LogP contribution in [0.4, 0.5) is 0 Å². The van der Waals surface area contributed by atoms with E-state index in [0.29, 0.717) is 36.4 Å². The molecule has 31 heavy (non-hydrogen) atoms. The SMILES string of the molecule is CCC(=O)CCC/C=C\C[C@@H]1[C@@H](/C=C/C(C)CCc2ccccc2)[C@H](OC)C[C@@H]1OC. The largest absolute Gasteiger partial charge is 0.381 e. The molecule has 0 spiro atoms. The minimum atomic E-state index is 0.211. The zero-order chi connectivity index (χ0) is 22.5. The molecule has 0 heterocycles. The van der Waals surface area contributed by atoms with Gasteiger partial charge in [0.25, 0.3) is 0 Å². The molecule has 0 amide bonds. The molecule has 1 aromatic carbocycles. The third-order valence-corrected chi connectivity index (χ3v) is 6.66. The average molecular weight is 427 g/mol. The van der Waals surface area contributed by atoms with Gasteiger partial charge in [-0.05, 0) is 49.5 Å². The van der Waals surface area contributed by atoms with Gasteiger partial charge in [-0.3, -0.25) is 4.79 Å². The molecule has 5 atom stereocenters. The smallest absolute Gasteiger partial charge is 0.132 e. The number of ether oxygens (including phenoxy) is 2. The van der Waals surface area contributed by atoms with E-state index in [-0.39, 0.29) is 12.2 Å². The summed E-state index contributed by atoms with van der Waals surface area (Å²) in [4.78, 5) is 11.4. The zero-order valence-corrected chi connectivity index (χ0v) is 20.0. The maximum atomic E-state index is 11.4. The maximum Gasteiger partial charge on any atom is 0.132 e. The predicted molar refractivity (Wildman–Crippen MR) is 129 cm³/mol. The minimum Gasteiger partial charge on any atom is -0.381 e. The van der Waals surface area contributed by atoms with Crippen molar-refractivity contribution in [2.75, 3.05) is 14.2 Å². The molecular weight excluding hydrogens is 384 g/mol. The van der Waals surface area contributed by atoms with Gasteiger partial charge >= 0.3 is 0 Å². The second kappa shape index (κ2) is 14.4. The summed E-state index contributed by atoms with van der Waals surface area (Å²) in [6, 6.07) is 10.7. The Morgan fingerprint density at radius 1 is 1.13 bits per heavy atom. The van der Waals surface area contributed by atoms with Crippen molar-refractivity contribution in [3.8, 4) is 0 Å². The highest BCUT2D eigenvalue weighted by Crippen LogP contribution is 2.39. The molecule has 1 fully saturated rings. The zero-order valence-electron chi connectivity index (χ0n) is 20.0. The van der Waals surface area contributed by atoms with Crippen LogP contribution in [0, 0.1) is 17.8 Å². The third-order valence-electron chi connectivity index (χ3n) is 6.66. The Balaban J connectivity index is 1.90. The van der Waals surface area contributed by atoms with Gasteiger partial charge in [-0.1, -0.05) is 68.5 Å². The van der Waals surface area contributed by atoms with Crippen LogP contribution in [0.1, 0.15) is 64.4 Å². The highest BCUT2D eigenvalue weighted by molar-refractivity contribution is 5.77. The molecule has 0 aromatic heterocycles. The van der Waals surface area contributed by atoms with E-state index < -0.39 is 0 Å². The van der Waals surface area contributed by atoms with Crippen LogP contribution >= 0.6 is 0 Å². The quantitative estimate of drug-likeness (QED) is 0.249. The maximum absolute atomic E-state index is 11.4. The van der Waals surface area contributed by atoms with Gasteiger partial charge in [0.1, 0.15) is 5.78 Å². The molecule has 2 rings (SSSR count). The van der Waals surface area contributed by atoms with Crippen LogP contribution in [0.25, 0.3) is 0 Å². The molecule has 1 aromatic rings. The van der Waals surface area contributed by atoms with Crippen LogP contribution in [-0.4, -0.2) is 32.2 Å². The number of aryl methyl sites for hydroxylation is 1. The van der Waals surface area contributed by atoms with E-state index in [1.807, 2.05) is 21.1 Å². The number of carbonyl (C=O) groups is 1. The molecule has 1 aliphatic rings. The van der Waals surface area contributed by atoms with Crippen LogP contribution in [0.2, 0.25) is 0 Å². The Hall–Kier alpha value is -1.71. The van der Waals surface area contributed by atoms with E-state index in [2.05, 4.69) is 61.6 Å². The van der Waals surface area contributed by atoms with E-state index in [1.165, 1.54) is 5.56 Å². The van der Waals surface area contributed by atoms with Crippen molar-refractivity contribution in [1.82, 2.24) is 0 Å². The summed E-state index contributed by atoms with van der Waals surface area (Å²) < 4.78 is 11.7. The van der Waals surface area contributed by atoms with Crippen molar-refractivity contribution in [3.63, 3.8) is 0 Å². The first-order chi connectivity index (χ1) is 15.1. The highest BCUT2D eigenvalue weighted by Gasteiger charge is 2.41. The predicted octanol–water partition coefficient (Wildman–Crippen LogP) is 6.57. The summed E-state index contributed by atoms with van der Waals surface area (Å²) in [6.45, 7) is 4.24. The number of hydrogen-bond acceptors (Lipinski definition) is 3. The molecule has 3 nitrogen and oxygen atoms in total. The Bertz CT molecular complexity index is 679. The van der Waals surface area contributed by atoms with E-state index in [4.69, 9.17) is 9.47 Å². The molecule has 3 heteroatoms. The van der Waals surface area contributed by atoms with Gasteiger partial charge in [0, 0.05) is 39.4 Å². The fourth-order valence-corrected chi connectivity index (χ4v) is 4.60. The first kappa shape index (κ1) is 25.5. The van der Waals surface area contributed by atoms with Crippen LogP contribution in [0.3, 0.4) is 0 Å². The number of Topliss-reactive ketones (excluding diaryl/α,β-unsaturated/α-hetero) is 1. The van der Waals surface area contributed by atoms with Gasteiger partial charge in [-0.2, -0.15) is 0 Å². The Kier molecular flexibility index (Phi) is 11.8. The van der Waals surface area contributed by atoms with Gasteiger partial charge < -0.3 is 9.47 Å². The number of benzene rings is 1. The summed E-state index contributed by atoms with van der Waals surface area (Å²) in [5.74, 6) is 1.70. The Morgan fingerprint density at radius 2 is 1.87 bits per heavy atom. The molecular formula is C28H42O3. The summed E-state index contributed by atoms with van der Waals surface area (Å²) in [5, 5.41) is 0. The summed E-state index contributed by atoms with van der Waals surface area (Å²) in [6.07, 6.45) is 17.2. The lowest BCUT2D eigenvalue weighted by Gasteiger charge is -2.22. The summed E-state index contributed by atoms with van der Waals surface area (Å²) in [5.41, 5.74) is 1.40. The molecule has 1 aliphatic carbocycles. The van der Waals surface area contributed by atoms with Crippen molar-refractivity contribution in [2.24, 2.45) is 17.8 Å². The van der Waals surface area contributed by atoms with Crippen LogP contribution in [0.5, 0.6) is 0 Å². The molecule has 1 unspecified atom stereocenters. The van der Waals surface area contributed by atoms with Gasteiger partial charge in [-0.25, -0.2) is 0 Å². The summed E-state index contributed by atoms with van der Waals surface area (Å²) in [7, 11) is 3.64. The number of rotatable bonds is 14. The number of hydrogen-bond donors (Lipinski definition) is 0. The van der Waals surface area contributed by atoms with E-state index in [9.17, 15) is 4.79 Å². The standard InChI is InChI=1S/C28H42O3/c1-5-24(29)15-11-6-7-12-16-25-26(28(31-4)21-27(25)30-3)20-18-22(2)17-19-23-13-9-8-10-14-23/h7-10,12-14,18,20,22,25-28H,5-6,11,15-17,19,21H2,1-4H3/b12-7-,20-18+/t22?,25-,26-,27+,28-/m1/s1. The van der Waals surface area contributed by atoms with Gasteiger partial charge in [0.15, 0.2) is 0 Å². The lowest BCUT2D eigenvalue weighted by molar-refractivity contribution is -0.118. The average Bonchev–Trinajstić information content (AvgIpc) is 3.15. The van der Waals surface area contributed by atoms with Gasteiger partial charge in [0.2, 0.25) is 0 Å². The molecule has 0 N–H and O–H groups in total. The van der Waals surface area contributed by atoms with Crippen molar-refractivity contribution in [2.45, 2.75) is 77.4 Å². The number of allylic oxidation sites excluding steroid dienone is 3. The van der Waals surface area contributed by atoms with E-state index in [0.717, 1.165) is 38.5 Å². The fraction of sp³-hybridized carbons (Fsp3) is 0.607. The fourth-order valence-electron chi connectivity index (χ4n) is 4.60. The first-order valence-corrected chi connectivity index (χ1v) is 12.0. The molecule has 0 bridgehead atoms. The Morgan fingerprint density at radius 3 is 2.55 bits per heavy atom. The van der Waals surface area contributed by atoms with Crippen LogP contribution in [0.15, 0.2) is 54.6 Å². The van der Waals surface area contributed by atoms with Gasteiger partial charge in [0.05, 0.1) is 12.2 Å². The van der Waals surface area contributed by atoms with Crippen molar-refractivity contribution in [1.29, 1.82) is 0 Å². The van der Waals surface area contributed by atoms with Crippen molar-refractivity contribution in [3.05, 3.63) is 60.2 Å². The number of methoxy groups -OCH3 is 2. The van der Waals surface area contributed by atoms with E-state index in [1.54, 1.807) is 0 Å². The van der Waals surface area contributed by atoms with Crippen molar-refractivity contribution < 1.29 is 14.3 Å². The molecule has 1 saturated carbocycles. The van der Waals surface area contributed by atoms with E-state index >= 15 is 0 Å². The van der Waals surface area contributed by atoms with Crippen molar-refractivity contribution >= 4 is 5.78 Å². The highest BCUT2D eigenvalue weighted by atomic mass is 16.5. The minimum absolute atomic E-state index is 0.211. The number of ketones is 1. The molecule has 172 valence electrons. The second-order valence-corrected chi connectivity index (χ2v) is 8.90. The first-order valence-electron chi connectivity index (χ1n) is 12.0. The van der Waals surface area contributed by atoms with Gasteiger partial charge in [-0.15, -0.1) is 0 Å². The Labute approximate surface area is 189 Å². The normalized spacial score (nSPS) is 24.9. The number of unbranched alkanes of at least 4 members (excludes halogenated alkanes) is 1. The lowest BCUT2D eigenvalue weighted by Crippen LogP contribution is -2.22. The molecule has 0 aliphatic heterocycles. The monoisotopic (exact) mass is 426 g/mol. The topological polar surface area (TPSA) is 35.5 Å².